The second-order valence-corrected chi connectivity index (χ2v) is 4.11. The normalized spacial score (nSPS) is 20.0. The van der Waals surface area contributed by atoms with E-state index in [-0.39, 0.29) is 11.6 Å². The van der Waals surface area contributed by atoms with E-state index >= 15 is 0 Å². The molecule has 2 aromatic heterocycles. The van der Waals surface area contributed by atoms with Crippen molar-refractivity contribution in [1.29, 1.82) is 0 Å². The Labute approximate surface area is 91.9 Å². The first-order chi connectivity index (χ1) is 7.68. The third kappa shape index (κ3) is 1.13. The van der Waals surface area contributed by atoms with Gasteiger partial charge in [0.2, 0.25) is 0 Å². The molecule has 0 fully saturated rings. The molecule has 0 aliphatic carbocycles. The van der Waals surface area contributed by atoms with Crippen LogP contribution in [0.25, 0.3) is 11.0 Å². The molecule has 0 amide bonds. The van der Waals surface area contributed by atoms with Crippen LogP contribution in [0.5, 0.6) is 0 Å². The first-order valence-corrected chi connectivity index (χ1v) is 5.34. The topological polar surface area (TPSA) is 64.7 Å². The summed E-state index contributed by atoms with van der Waals surface area (Å²) in [5, 5.41) is 7.96. The largest absolute Gasteiger partial charge is 0.306 e. The van der Waals surface area contributed by atoms with Crippen molar-refractivity contribution in [1.82, 2.24) is 24.6 Å². The Morgan fingerprint density at radius 1 is 1.56 bits per heavy atom. The van der Waals surface area contributed by atoms with Crippen LogP contribution in [-0.4, -0.2) is 25.9 Å². The maximum Gasteiger partial charge on any atom is 0.264 e. The lowest BCUT2D eigenvalue weighted by atomic mass is 10.2. The lowest BCUT2D eigenvalue weighted by Crippen LogP contribution is -2.39. The number of hydrogen-bond acceptors (Lipinski definition) is 4. The van der Waals surface area contributed by atoms with E-state index in [1.165, 1.54) is 0 Å². The van der Waals surface area contributed by atoms with Gasteiger partial charge in [0.05, 0.1) is 12.2 Å². The molecule has 3 rings (SSSR count). The van der Waals surface area contributed by atoms with Gasteiger partial charge < -0.3 is 5.32 Å². The fourth-order valence-corrected chi connectivity index (χ4v) is 2.16. The summed E-state index contributed by atoms with van der Waals surface area (Å²) in [6.07, 6.45) is 1.59. The number of hydrogen-bond donors (Lipinski definition) is 1. The van der Waals surface area contributed by atoms with Gasteiger partial charge >= 0.3 is 0 Å². The number of nitrogens with zero attached hydrogens (tertiary/aromatic N) is 4. The van der Waals surface area contributed by atoms with Gasteiger partial charge in [0.25, 0.3) is 5.56 Å². The van der Waals surface area contributed by atoms with Crippen molar-refractivity contribution in [3.8, 4) is 0 Å². The Balaban J connectivity index is 2.42. The number of rotatable bonds is 0. The predicted molar refractivity (Wildman–Crippen MR) is 59.2 cm³/mol. The lowest BCUT2D eigenvalue weighted by molar-refractivity contribution is 0.422. The van der Waals surface area contributed by atoms with Crippen LogP contribution in [0.15, 0.2) is 11.0 Å². The molecule has 0 spiro atoms. The van der Waals surface area contributed by atoms with Gasteiger partial charge in [-0.05, 0) is 6.92 Å². The first kappa shape index (κ1) is 9.53. The molecule has 0 aromatic carbocycles. The molecule has 6 heteroatoms. The highest BCUT2D eigenvalue weighted by Crippen LogP contribution is 2.15. The van der Waals surface area contributed by atoms with E-state index in [4.69, 9.17) is 0 Å². The number of nitrogens with one attached hydrogen (secondary N) is 1. The van der Waals surface area contributed by atoms with Crippen molar-refractivity contribution in [3.63, 3.8) is 0 Å². The van der Waals surface area contributed by atoms with Gasteiger partial charge in [-0.3, -0.25) is 14.0 Å². The van der Waals surface area contributed by atoms with Crippen molar-refractivity contribution in [3.05, 3.63) is 22.4 Å². The van der Waals surface area contributed by atoms with Crippen LogP contribution in [0.2, 0.25) is 0 Å². The van der Waals surface area contributed by atoms with Crippen molar-refractivity contribution in [2.24, 2.45) is 7.05 Å². The Morgan fingerprint density at radius 3 is 3.19 bits per heavy atom. The molecule has 6 nitrogen and oxygen atoms in total. The zero-order chi connectivity index (χ0) is 11.3. The molecule has 0 bridgehead atoms. The standard InChI is InChI=1S/C10H13N5O/c1-6-8-13-9-7(5-12-14(9)2)10(16)15(8)4-3-11-6/h5-6,11H,3-4H2,1-2H3. The summed E-state index contributed by atoms with van der Waals surface area (Å²) >= 11 is 0. The van der Waals surface area contributed by atoms with E-state index in [1.54, 1.807) is 22.5 Å². The van der Waals surface area contributed by atoms with Crippen LogP contribution < -0.4 is 10.9 Å². The molecule has 0 saturated carbocycles. The third-order valence-corrected chi connectivity index (χ3v) is 3.05. The molecule has 84 valence electrons. The molecule has 16 heavy (non-hydrogen) atoms. The minimum atomic E-state index is 0.0152. The van der Waals surface area contributed by atoms with Crippen LogP contribution in [-0.2, 0) is 13.6 Å². The third-order valence-electron chi connectivity index (χ3n) is 3.05. The van der Waals surface area contributed by atoms with Crippen molar-refractivity contribution in [2.45, 2.75) is 19.5 Å². The van der Waals surface area contributed by atoms with E-state index in [9.17, 15) is 4.79 Å². The Hall–Kier alpha value is -1.69. The maximum atomic E-state index is 12.2. The van der Waals surface area contributed by atoms with Crippen LogP contribution >= 0.6 is 0 Å². The van der Waals surface area contributed by atoms with Crippen LogP contribution in [0.1, 0.15) is 18.8 Å². The van der Waals surface area contributed by atoms with Crippen LogP contribution in [0, 0.1) is 0 Å². The van der Waals surface area contributed by atoms with Gasteiger partial charge in [-0.15, -0.1) is 0 Å². The molecule has 2 aromatic rings. The van der Waals surface area contributed by atoms with E-state index in [0.29, 0.717) is 17.6 Å². The Bertz CT molecular complexity index is 611. The molecule has 0 radical (unpaired) electrons. The summed E-state index contributed by atoms with van der Waals surface area (Å²) in [5.41, 5.74) is 0.674. The molecule has 3 heterocycles. The highest BCUT2D eigenvalue weighted by Gasteiger charge is 2.21. The van der Waals surface area contributed by atoms with E-state index in [0.717, 1.165) is 12.4 Å². The smallest absolute Gasteiger partial charge is 0.264 e. The van der Waals surface area contributed by atoms with E-state index < -0.39 is 0 Å². The van der Waals surface area contributed by atoms with E-state index in [2.05, 4.69) is 15.4 Å². The number of fused-ring (bicyclic) bond motifs is 2. The SMILES string of the molecule is CC1NCCn2c1nc1c(cnn1C)c2=O. The summed E-state index contributed by atoms with van der Waals surface area (Å²) in [4.78, 5) is 16.7. The molecule has 1 atom stereocenters. The molecular formula is C10H13N5O. The highest BCUT2D eigenvalue weighted by atomic mass is 16.1. The summed E-state index contributed by atoms with van der Waals surface area (Å²) < 4.78 is 3.38. The predicted octanol–water partition coefficient (Wildman–Crippen LogP) is -0.206. The summed E-state index contributed by atoms with van der Waals surface area (Å²) in [6, 6.07) is 0.112. The number of aromatic nitrogens is 4. The van der Waals surface area contributed by atoms with Crippen LogP contribution in [0.4, 0.5) is 0 Å². The minimum absolute atomic E-state index is 0.0152. The zero-order valence-corrected chi connectivity index (χ0v) is 9.27. The first-order valence-electron chi connectivity index (χ1n) is 5.34. The van der Waals surface area contributed by atoms with Gasteiger partial charge in [-0.1, -0.05) is 0 Å². The average molecular weight is 219 g/mol. The van der Waals surface area contributed by atoms with Crippen molar-refractivity contribution in [2.75, 3.05) is 6.54 Å². The number of aryl methyl sites for hydroxylation is 1. The summed E-state index contributed by atoms with van der Waals surface area (Å²) in [7, 11) is 1.80. The lowest BCUT2D eigenvalue weighted by Gasteiger charge is -2.24. The van der Waals surface area contributed by atoms with Crippen molar-refractivity contribution < 1.29 is 0 Å². The zero-order valence-electron chi connectivity index (χ0n) is 9.27. The Kier molecular flexibility index (Phi) is 1.88. The molecule has 1 aliphatic rings. The molecule has 1 unspecified atom stereocenters. The highest BCUT2D eigenvalue weighted by molar-refractivity contribution is 5.73. The van der Waals surface area contributed by atoms with Gasteiger partial charge in [0, 0.05) is 20.1 Å². The summed E-state index contributed by atoms with van der Waals surface area (Å²) in [5.74, 6) is 0.798. The molecular weight excluding hydrogens is 206 g/mol. The van der Waals surface area contributed by atoms with Gasteiger partial charge in [0.15, 0.2) is 5.65 Å². The van der Waals surface area contributed by atoms with Gasteiger partial charge in [-0.25, -0.2) is 4.98 Å². The average Bonchev–Trinajstić information content (AvgIpc) is 2.63. The summed E-state index contributed by atoms with van der Waals surface area (Å²) in [6.45, 7) is 3.50. The monoisotopic (exact) mass is 219 g/mol. The van der Waals surface area contributed by atoms with E-state index in [1.807, 2.05) is 6.92 Å². The fraction of sp³-hybridized carbons (Fsp3) is 0.500. The molecule has 0 saturated heterocycles. The van der Waals surface area contributed by atoms with Crippen LogP contribution in [0.3, 0.4) is 0 Å². The second kappa shape index (κ2) is 3.15. The van der Waals surface area contributed by atoms with Gasteiger partial charge in [0.1, 0.15) is 11.2 Å². The second-order valence-electron chi connectivity index (χ2n) is 4.11. The van der Waals surface area contributed by atoms with Gasteiger partial charge in [-0.2, -0.15) is 5.10 Å². The minimum Gasteiger partial charge on any atom is -0.306 e. The Morgan fingerprint density at radius 2 is 2.38 bits per heavy atom. The maximum absolute atomic E-state index is 12.2. The quantitative estimate of drug-likeness (QED) is 0.666. The van der Waals surface area contributed by atoms with Crippen molar-refractivity contribution >= 4 is 11.0 Å². The molecule has 1 aliphatic heterocycles. The molecule has 1 N–H and O–H groups in total. The fourth-order valence-electron chi connectivity index (χ4n) is 2.16.